The molecule has 90 valence electrons. The molecule has 0 heterocycles. The van der Waals surface area contributed by atoms with Gasteiger partial charge in [-0.15, -0.1) is 0 Å². The highest BCUT2D eigenvalue weighted by atomic mass is 35.5. The van der Waals surface area contributed by atoms with Gasteiger partial charge in [0.1, 0.15) is 0 Å². The Morgan fingerprint density at radius 1 is 1.50 bits per heavy atom. The number of nitrogens with one attached hydrogen (secondary N) is 1. The van der Waals surface area contributed by atoms with E-state index in [1.54, 1.807) is 6.07 Å². The molecule has 0 aromatic heterocycles. The summed E-state index contributed by atoms with van der Waals surface area (Å²) in [5.41, 5.74) is 7.30. The lowest BCUT2D eigenvalue weighted by molar-refractivity contribution is 0.772. The lowest BCUT2D eigenvalue weighted by atomic mass is 10.2. The predicted molar refractivity (Wildman–Crippen MR) is 76.6 cm³/mol. The summed E-state index contributed by atoms with van der Waals surface area (Å²) in [6.45, 7) is 4.35. The van der Waals surface area contributed by atoms with E-state index in [2.05, 4.69) is 19.2 Å². The maximum Gasteiger partial charge on any atom is 0.0658 e. The molecule has 0 bridgehead atoms. The molecule has 1 atom stereocenters. The van der Waals surface area contributed by atoms with E-state index >= 15 is 0 Å². The van der Waals surface area contributed by atoms with E-state index in [-0.39, 0.29) is 0 Å². The van der Waals surface area contributed by atoms with Crippen molar-refractivity contribution < 1.29 is 0 Å². The van der Waals surface area contributed by atoms with Crippen LogP contribution in [0.25, 0.3) is 0 Å². The first-order valence-electron chi connectivity index (χ1n) is 5.52. The van der Waals surface area contributed by atoms with Gasteiger partial charge in [0.25, 0.3) is 0 Å². The molecule has 1 aromatic carbocycles. The molecule has 0 aliphatic rings. The average Bonchev–Trinajstić information content (AvgIpc) is 2.23. The molecule has 0 fully saturated rings. The van der Waals surface area contributed by atoms with Crippen LogP contribution < -0.4 is 11.1 Å². The van der Waals surface area contributed by atoms with Crippen LogP contribution in [0.15, 0.2) is 18.2 Å². The fourth-order valence-electron chi connectivity index (χ4n) is 1.39. The molecular weight excluding hydrogens is 240 g/mol. The first-order valence-corrected chi connectivity index (χ1v) is 7.06. The highest BCUT2D eigenvalue weighted by molar-refractivity contribution is 7.99. The third-order valence-electron chi connectivity index (χ3n) is 2.29. The second kappa shape index (κ2) is 6.92. The van der Waals surface area contributed by atoms with Crippen molar-refractivity contribution in [2.45, 2.75) is 26.3 Å². The van der Waals surface area contributed by atoms with Gasteiger partial charge in [-0.05, 0) is 43.0 Å². The molecule has 3 N–H and O–H groups in total. The minimum Gasteiger partial charge on any atom is -0.399 e. The molecule has 1 aromatic rings. The summed E-state index contributed by atoms with van der Waals surface area (Å²) in [6.07, 6.45) is 1.14. The zero-order valence-corrected chi connectivity index (χ0v) is 11.4. The first kappa shape index (κ1) is 13.5. The Morgan fingerprint density at radius 3 is 2.88 bits per heavy atom. The molecular formula is C12H19ClN2S. The molecule has 0 amide bonds. The van der Waals surface area contributed by atoms with Gasteiger partial charge in [0.15, 0.2) is 0 Å². The molecule has 0 aliphatic carbocycles. The Hall–Kier alpha value is -0.540. The van der Waals surface area contributed by atoms with E-state index in [4.69, 9.17) is 17.3 Å². The van der Waals surface area contributed by atoms with E-state index in [1.165, 1.54) is 11.5 Å². The molecule has 1 unspecified atom stereocenters. The minimum atomic E-state index is 0.431. The van der Waals surface area contributed by atoms with E-state index < -0.39 is 0 Å². The van der Waals surface area contributed by atoms with Crippen LogP contribution >= 0.6 is 23.4 Å². The standard InChI is InChI=1S/C12H19ClN2S/c1-3-16-7-6-9(2)15-12-5-4-10(14)8-11(12)13/h4-5,8-9,15H,3,6-7,14H2,1-2H3. The van der Waals surface area contributed by atoms with Crippen LogP contribution in [0.4, 0.5) is 11.4 Å². The summed E-state index contributed by atoms with van der Waals surface area (Å²) in [5.74, 6) is 2.35. The molecule has 0 saturated heterocycles. The molecule has 0 radical (unpaired) electrons. The molecule has 0 spiro atoms. The van der Waals surface area contributed by atoms with Crippen molar-refractivity contribution in [2.24, 2.45) is 0 Å². The largest absolute Gasteiger partial charge is 0.399 e. The fraction of sp³-hybridized carbons (Fsp3) is 0.500. The quantitative estimate of drug-likeness (QED) is 0.601. The average molecular weight is 259 g/mol. The van der Waals surface area contributed by atoms with Gasteiger partial charge in [0.2, 0.25) is 0 Å². The number of halogens is 1. The maximum atomic E-state index is 6.09. The van der Waals surface area contributed by atoms with Crippen molar-refractivity contribution >= 4 is 34.7 Å². The third-order valence-corrected chi connectivity index (χ3v) is 3.54. The van der Waals surface area contributed by atoms with Crippen LogP contribution in [0, 0.1) is 0 Å². The van der Waals surface area contributed by atoms with Crippen LogP contribution in [0.1, 0.15) is 20.3 Å². The molecule has 4 heteroatoms. The first-order chi connectivity index (χ1) is 7.63. The highest BCUT2D eigenvalue weighted by Gasteiger charge is 2.05. The topological polar surface area (TPSA) is 38.0 Å². The Bertz CT molecular complexity index is 331. The number of nitrogen functional groups attached to an aromatic ring is 1. The van der Waals surface area contributed by atoms with Crippen LogP contribution in [0.2, 0.25) is 5.02 Å². The SMILES string of the molecule is CCSCCC(C)Nc1ccc(N)cc1Cl. The molecule has 0 aliphatic heterocycles. The Morgan fingerprint density at radius 2 is 2.25 bits per heavy atom. The molecule has 1 rings (SSSR count). The van der Waals surface area contributed by atoms with Gasteiger partial charge in [-0.2, -0.15) is 11.8 Å². The van der Waals surface area contributed by atoms with Crippen molar-refractivity contribution in [1.29, 1.82) is 0 Å². The van der Waals surface area contributed by atoms with Gasteiger partial charge >= 0.3 is 0 Å². The lowest BCUT2D eigenvalue weighted by Crippen LogP contribution is -2.16. The van der Waals surface area contributed by atoms with Gasteiger partial charge in [0.05, 0.1) is 10.7 Å². The van der Waals surface area contributed by atoms with Crippen LogP contribution in [0.3, 0.4) is 0 Å². The Balaban J connectivity index is 2.46. The summed E-state index contributed by atoms with van der Waals surface area (Å²) in [6, 6.07) is 6.00. The van der Waals surface area contributed by atoms with E-state index in [9.17, 15) is 0 Å². The van der Waals surface area contributed by atoms with Crippen LogP contribution in [0.5, 0.6) is 0 Å². The second-order valence-electron chi connectivity index (χ2n) is 3.77. The number of hydrogen-bond acceptors (Lipinski definition) is 3. The van der Waals surface area contributed by atoms with Crippen LogP contribution in [-0.4, -0.2) is 17.5 Å². The van der Waals surface area contributed by atoms with Gasteiger partial charge in [0, 0.05) is 11.7 Å². The van der Waals surface area contributed by atoms with Gasteiger partial charge < -0.3 is 11.1 Å². The number of hydrogen-bond donors (Lipinski definition) is 2. The number of nitrogens with two attached hydrogens (primary N) is 1. The van der Waals surface area contributed by atoms with Crippen molar-refractivity contribution in [3.05, 3.63) is 23.2 Å². The Labute approximate surface area is 107 Å². The summed E-state index contributed by atoms with van der Waals surface area (Å²) in [4.78, 5) is 0. The maximum absolute atomic E-state index is 6.09. The smallest absolute Gasteiger partial charge is 0.0658 e. The number of thioether (sulfide) groups is 1. The number of benzene rings is 1. The Kier molecular flexibility index (Phi) is 5.85. The van der Waals surface area contributed by atoms with Gasteiger partial charge in [-0.3, -0.25) is 0 Å². The third kappa shape index (κ3) is 4.54. The van der Waals surface area contributed by atoms with Crippen molar-refractivity contribution in [1.82, 2.24) is 0 Å². The summed E-state index contributed by atoms with van der Waals surface area (Å²) < 4.78 is 0. The van der Waals surface area contributed by atoms with Crippen molar-refractivity contribution in [2.75, 3.05) is 22.6 Å². The minimum absolute atomic E-state index is 0.431. The predicted octanol–water partition coefficient (Wildman–Crippen LogP) is 3.87. The highest BCUT2D eigenvalue weighted by Crippen LogP contribution is 2.25. The van der Waals surface area contributed by atoms with E-state index in [1.807, 2.05) is 23.9 Å². The summed E-state index contributed by atoms with van der Waals surface area (Å²) in [7, 11) is 0. The van der Waals surface area contributed by atoms with Crippen molar-refractivity contribution in [3.8, 4) is 0 Å². The lowest BCUT2D eigenvalue weighted by Gasteiger charge is -2.16. The monoisotopic (exact) mass is 258 g/mol. The fourth-order valence-corrected chi connectivity index (χ4v) is 2.44. The normalized spacial score (nSPS) is 12.4. The van der Waals surface area contributed by atoms with Gasteiger partial charge in [-0.25, -0.2) is 0 Å². The summed E-state index contributed by atoms with van der Waals surface area (Å²) >= 11 is 8.05. The zero-order valence-electron chi connectivity index (χ0n) is 9.79. The summed E-state index contributed by atoms with van der Waals surface area (Å²) in [5, 5.41) is 4.09. The zero-order chi connectivity index (χ0) is 12.0. The molecule has 2 nitrogen and oxygen atoms in total. The van der Waals surface area contributed by atoms with E-state index in [0.717, 1.165) is 12.1 Å². The van der Waals surface area contributed by atoms with Gasteiger partial charge in [-0.1, -0.05) is 18.5 Å². The molecule has 16 heavy (non-hydrogen) atoms. The van der Waals surface area contributed by atoms with Crippen molar-refractivity contribution in [3.63, 3.8) is 0 Å². The van der Waals surface area contributed by atoms with E-state index in [0.29, 0.717) is 16.8 Å². The molecule has 0 saturated carbocycles. The number of anilines is 2. The second-order valence-corrected chi connectivity index (χ2v) is 5.57. The number of rotatable bonds is 6. The van der Waals surface area contributed by atoms with Crippen LogP contribution in [-0.2, 0) is 0 Å².